The quantitative estimate of drug-likeness (QED) is 0.904. The minimum atomic E-state index is -0.0982. The molecule has 1 N–H and O–H groups in total. The second-order valence-electron chi connectivity index (χ2n) is 5.38. The Hall–Kier alpha value is -1.85. The van der Waals surface area contributed by atoms with Crippen LogP contribution >= 0.6 is 0 Å². The Balaban J connectivity index is 2.06. The maximum absolute atomic E-state index is 12.4. The van der Waals surface area contributed by atoms with Gasteiger partial charge in [0.1, 0.15) is 5.69 Å². The predicted molar refractivity (Wildman–Crippen MR) is 75.5 cm³/mol. The summed E-state index contributed by atoms with van der Waals surface area (Å²) in [4.78, 5) is 27.7. The number of likely N-dealkylation sites (N-methyl/N-ethyl adjacent to an activating group) is 1. The van der Waals surface area contributed by atoms with Crippen molar-refractivity contribution in [1.82, 2.24) is 20.0 Å². The van der Waals surface area contributed by atoms with Crippen LogP contribution < -0.4 is 0 Å². The average molecular weight is 278 g/mol. The molecule has 1 aliphatic heterocycles. The van der Waals surface area contributed by atoms with Crippen LogP contribution in [0.25, 0.3) is 0 Å². The van der Waals surface area contributed by atoms with Crippen molar-refractivity contribution >= 4 is 11.8 Å². The number of amides is 2. The van der Waals surface area contributed by atoms with E-state index in [0.29, 0.717) is 44.2 Å². The lowest BCUT2D eigenvalue weighted by Crippen LogP contribution is -2.35. The van der Waals surface area contributed by atoms with Crippen LogP contribution in [0, 0.1) is 0 Å². The molecule has 1 aromatic rings. The molecular formula is C14H22N4O2. The van der Waals surface area contributed by atoms with Gasteiger partial charge in [0.05, 0.1) is 0 Å². The van der Waals surface area contributed by atoms with Crippen molar-refractivity contribution in [2.45, 2.75) is 33.1 Å². The molecule has 2 heterocycles. The van der Waals surface area contributed by atoms with Gasteiger partial charge in [-0.05, 0) is 18.9 Å². The van der Waals surface area contributed by atoms with Crippen molar-refractivity contribution in [3.63, 3.8) is 0 Å². The molecule has 2 amide bonds. The average Bonchev–Trinajstić information content (AvgIpc) is 2.84. The molecule has 0 aliphatic carbocycles. The van der Waals surface area contributed by atoms with Crippen LogP contribution in [0.2, 0.25) is 0 Å². The summed E-state index contributed by atoms with van der Waals surface area (Å²) in [5.41, 5.74) is 1.39. The van der Waals surface area contributed by atoms with Gasteiger partial charge in [-0.3, -0.25) is 14.7 Å². The second-order valence-corrected chi connectivity index (χ2v) is 5.38. The molecule has 110 valence electrons. The fourth-order valence-corrected chi connectivity index (χ4v) is 2.31. The SMILES string of the molecule is CCN1CCN(C(=O)c2cc(C(C)C)[nH]n2)CCC1=O. The molecule has 0 bridgehead atoms. The van der Waals surface area contributed by atoms with E-state index >= 15 is 0 Å². The van der Waals surface area contributed by atoms with E-state index < -0.39 is 0 Å². The summed E-state index contributed by atoms with van der Waals surface area (Å²) in [6, 6.07) is 1.80. The molecular weight excluding hydrogens is 256 g/mol. The molecule has 0 radical (unpaired) electrons. The highest BCUT2D eigenvalue weighted by Gasteiger charge is 2.25. The van der Waals surface area contributed by atoms with Crippen molar-refractivity contribution in [2.24, 2.45) is 0 Å². The molecule has 1 aliphatic rings. The number of aromatic nitrogens is 2. The van der Waals surface area contributed by atoms with E-state index in [2.05, 4.69) is 10.2 Å². The minimum absolute atomic E-state index is 0.0982. The zero-order valence-electron chi connectivity index (χ0n) is 12.3. The van der Waals surface area contributed by atoms with Gasteiger partial charge in [-0.1, -0.05) is 13.8 Å². The second kappa shape index (κ2) is 6.07. The van der Waals surface area contributed by atoms with Crippen molar-refractivity contribution in [3.8, 4) is 0 Å². The highest BCUT2D eigenvalue weighted by molar-refractivity contribution is 5.93. The number of aromatic amines is 1. The van der Waals surface area contributed by atoms with E-state index in [4.69, 9.17) is 0 Å². The van der Waals surface area contributed by atoms with Gasteiger partial charge in [0.15, 0.2) is 0 Å². The van der Waals surface area contributed by atoms with Crippen molar-refractivity contribution in [1.29, 1.82) is 0 Å². The van der Waals surface area contributed by atoms with Crippen LogP contribution in [0.1, 0.15) is 49.3 Å². The smallest absolute Gasteiger partial charge is 0.274 e. The van der Waals surface area contributed by atoms with E-state index in [1.165, 1.54) is 0 Å². The number of rotatable bonds is 3. The van der Waals surface area contributed by atoms with E-state index in [0.717, 1.165) is 5.69 Å². The van der Waals surface area contributed by atoms with Crippen LogP contribution in [0.5, 0.6) is 0 Å². The van der Waals surface area contributed by atoms with Gasteiger partial charge >= 0.3 is 0 Å². The minimum Gasteiger partial charge on any atom is -0.341 e. The first-order valence-electron chi connectivity index (χ1n) is 7.15. The number of hydrogen-bond acceptors (Lipinski definition) is 3. The lowest BCUT2D eigenvalue weighted by molar-refractivity contribution is -0.130. The van der Waals surface area contributed by atoms with Gasteiger partial charge in [0.25, 0.3) is 5.91 Å². The molecule has 0 saturated carbocycles. The predicted octanol–water partition coefficient (Wildman–Crippen LogP) is 1.23. The topological polar surface area (TPSA) is 69.3 Å². The molecule has 1 saturated heterocycles. The van der Waals surface area contributed by atoms with Crippen molar-refractivity contribution in [3.05, 3.63) is 17.5 Å². The van der Waals surface area contributed by atoms with Crippen LogP contribution in [0.3, 0.4) is 0 Å². The third kappa shape index (κ3) is 3.00. The Bertz CT molecular complexity index is 495. The molecule has 0 atom stereocenters. The van der Waals surface area contributed by atoms with Crippen LogP contribution in [-0.4, -0.2) is 58.0 Å². The maximum Gasteiger partial charge on any atom is 0.274 e. The summed E-state index contributed by atoms with van der Waals surface area (Å²) in [6.07, 6.45) is 0.390. The first-order valence-corrected chi connectivity index (χ1v) is 7.15. The van der Waals surface area contributed by atoms with E-state index in [9.17, 15) is 9.59 Å². The molecule has 6 nitrogen and oxygen atoms in total. The fourth-order valence-electron chi connectivity index (χ4n) is 2.31. The van der Waals surface area contributed by atoms with E-state index in [1.807, 2.05) is 20.8 Å². The van der Waals surface area contributed by atoms with Crippen molar-refractivity contribution < 1.29 is 9.59 Å². The maximum atomic E-state index is 12.4. The van der Waals surface area contributed by atoms with Gasteiger partial charge in [0.2, 0.25) is 5.91 Å². The molecule has 2 rings (SSSR count). The third-order valence-corrected chi connectivity index (χ3v) is 3.70. The van der Waals surface area contributed by atoms with Crippen molar-refractivity contribution in [2.75, 3.05) is 26.2 Å². The fraction of sp³-hybridized carbons (Fsp3) is 0.643. The number of nitrogens with zero attached hydrogens (tertiary/aromatic N) is 3. The summed E-state index contributed by atoms with van der Waals surface area (Å²) in [5, 5.41) is 6.98. The van der Waals surface area contributed by atoms with Gasteiger partial charge in [0, 0.05) is 38.3 Å². The molecule has 6 heteroatoms. The van der Waals surface area contributed by atoms with Gasteiger partial charge in [-0.25, -0.2) is 0 Å². The zero-order chi connectivity index (χ0) is 14.7. The van der Waals surface area contributed by atoms with Gasteiger partial charge < -0.3 is 9.80 Å². The number of carbonyl (C=O) groups is 2. The third-order valence-electron chi connectivity index (χ3n) is 3.70. The highest BCUT2D eigenvalue weighted by atomic mass is 16.2. The van der Waals surface area contributed by atoms with Crippen LogP contribution in [-0.2, 0) is 4.79 Å². The summed E-state index contributed by atoms with van der Waals surface area (Å²) in [6.45, 7) is 8.39. The number of hydrogen-bond donors (Lipinski definition) is 1. The zero-order valence-corrected chi connectivity index (χ0v) is 12.3. The summed E-state index contributed by atoms with van der Waals surface area (Å²) in [7, 11) is 0. The summed E-state index contributed by atoms with van der Waals surface area (Å²) < 4.78 is 0. The van der Waals surface area contributed by atoms with Gasteiger partial charge in [-0.2, -0.15) is 5.10 Å². The van der Waals surface area contributed by atoms with E-state index in [-0.39, 0.29) is 11.8 Å². The standard InChI is InChI=1S/C14H22N4O2/c1-4-17-7-8-18(6-5-13(17)19)14(20)12-9-11(10(2)3)15-16-12/h9-10H,4-8H2,1-3H3,(H,15,16). The Morgan fingerprint density at radius 2 is 2.15 bits per heavy atom. The first kappa shape index (κ1) is 14.6. The monoisotopic (exact) mass is 278 g/mol. The summed E-state index contributed by atoms with van der Waals surface area (Å²) in [5.74, 6) is 0.331. The van der Waals surface area contributed by atoms with Gasteiger partial charge in [-0.15, -0.1) is 0 Å². The number of nitrogens with one attached hydrogen (secondary N) is 1. The lowest BCUT2D eigenvalue weighted by Gasteiger charge is -2.20. The number of carbonyl (C=O) groups excluding carboxylic acids is 2. The Morgan fingerprint density at radius 1 is 1.40 bits per heavy atom. The highest BCUT2D eigenvalue weighted by Crippen LogP contribution is 2.14. The Labute approximate surface area is 119 Å². The first-order chi connectivity index (χ1) is 9.52. The van der Waals surface area contributed by atoms with E-state index in [1.54, 1.807) is 15.9 Å². The molecule has 0 unspecified atom stereocenters. The number of H-pyrrole nitrogens is 1. The molecule has 20 heavy (non-hydrogen) atoms. The normalized spacial score (nSPS) is 16.7. The van der Waals surface area contributed by atoms with Crippen LogP contribution in [0.15, 0.2) is 6.07 Å². The Morgan fingerprint density at radius 3 is 2.75 bits per heavy atom. The largest absolute Gasteiger partial charge is 0.341 e. The summed E-state index contributed by atoms with van der Waals surface area (Å²) >= 11 is 0. The molecule has 0 spiro atoms. The molecule has 1 aromatic heterocycles. The molecule has 0 aromatic carbocycles. The lowest BCUT2D eigenvalue weighted by atomic mass is 10.1. The Kier molecular flexibility index (Phi) is 4.42. The van der Waals surface area contributed by atoms with Crippen LogP contribution in [0.4, 0.5) is 0 Å². The molecule has 1 fully saturated rings.